The Morgan fingerprint density at radius 1 is 0.864 bits per heavy atom. The van der Waals surface area contributed by atoms with Crippen molar-refractivity contribution in [3.63, 3.8) is 0 Å². The molecule has 0 aromatic heterocycles. The minimum Gasteiger partial charge on any atom is -0.394 e. The molecule has 0 amide bonds. The Labute approximate surface area is 134 Å². The van der Waals surface area contributed by atoms with Crippen LogP contribution in [0.1, 0.15) is 47.5 Å². The van der Waals surface area contributed by atoms with E-state index in [1.54, 1.807) is 13.8 Å². The van der Waals surface area contributed by atoms with Crippen molar-refractivity contribution in [2.45, 2.75) is 65.0 Å². The maximum atomic E-state index is 9.54. The highest BCUT2D eigenvalue weighted by atomic mass is 16.7. The molecule has 1 unspecified atom stereocenters. The van der Waals surface area contributed by atoms with Gasteiger partial charge in [0.1, 0.15) is 0 Å². The van der Waals surface area contributed by atoms with Gasteiger partial charge in [0.05, 0.1) is 37.6 Å². The Balaban J connectivity index is 3.64. The first-order chi connectivity index (χ1) is 10.2. The smallest absolute Gasteiger partial charge is 0.155 e. The Hall–Kier alpha value is -0.240. The third-order valence-electron chi connectivity index (χ3n) is 3.01. The van der Waals surface area contributed by atoms with E-state index >= 15 is 0 Å². The lowest BCUT2D eigenvalue weighted by Gasteiger charge is -2.29. The highest BCUT2D eigenvalue weighted by Crippen LogP contribution is 2.17. The highest BCUT2D eigenvalue weighted by Gasteiger charge is 2.21. The van der Waals surface area contributed by atoms with E-state index in [4.69, 9.17) is 24.1 Å². The third-order valence-corrected chi connectivity index (χ3v) is 3.01. The summed E-state index contributed by atoms with van der Waals surface area (Å²) < 4.78 is 22.0. The van der Waals surface area contributed by atoms with Gasteiger partial charge in [-0.2, -0.15) is 0 Å². The summed E-state index contributed by atoms with van der Waals surface area (Å²) >= 11 is 0. The molecule has 6 heteroatoms. The van der Waals surface area contributed by atoms with Crippen LogP contribution in [-0.4, -0.2) is 67.3 Å². The quantitative estimate of drug-likeness (QED) is 0.374. The third kappa shape index (κ3) is 14.7. The van der Waals surface area contributed by atoms with Gasteiger partial charge in [0, 0.05) is 13.2 Å². The molecular formula is C16H34O6. The second kappa shape index (κ2) is 11.3. The monoisotopic (exact) mass is 322 g/mol. The molecule has 22 heavy (non-hydrogen) atoms. The standard InChI is InChI=1S/C16H34O6/c1-14(21-13-12-20-9-6-15(2,3)18)22-16(4,5)7-10-19-11-8-17/h14,17-18H,6-13H2,1-5H3. The van der Waals surface area contributed by atoms with E-state index in [0.29, 0.717) is 39.5 Å². The second-order valence-electron chi connectivity index (χ2n) is 6.58. The van der Waals surface area contributed by atoms with Crippen molar-refractivity contribution >= 4 is 0 Å². The lowest BCUT2D eigenvalue weighted by Crippen LogP contribution is -2.32. The van der Waals surface area contributed by atoms with Gasteiger partial charge in [-0.05, 0) is 47.5 Å². The molecule has 0 saturated heterocycles. The van der Waals surface area contributed by atoms with Crippen LogP contribution in [0.15, 0.2) is 0 Å². The fourth-order valence-corrected chi connectivity index (χ4v) is 1.72. The van der Waals surface area contributed by atoms with Crippen molar-refractivity contribution in [2.75, 3.05) is 39.6 Å². The van der Waals surface area contributed by atoms with Crippen LogP contribution in [0.25, 0.3) is 0 Å². The first kappa shape index (κ1) is 21.8. The summed E-state index contributed by atoms with van der Waals surface area (Å²) in [5.41, 5.74) is -1.05. The van der Waals surface area contributed by atoms with E-state index in [1.807, 2.05) is 20.8 Å². The predicted octanol–water partition coefficient (Wildman–Crippen LogP) is 1.72. The van der Waals surface area contributed by atoms with Crippen molar-refractivity contribution in [1.82, 2.24) is 0 Å². The zero-order valence-corrected chi connectivity index (χ0v) is 14.8. The molecule has 0 heterocycles. The van der Waals surface area contributed by atoms with Gasteiger partial charge in [-0.25, -0.2) is 0 Å². The molecule has 2 N–H and O–H groups in total. The number of aliphatic hydroxyl groups is 2. The number of hydrogen-bond donors (Lipinski definition) is 2. The SMILES string of the molecule is CC(OCCOCCC(C)(C)O)OC(C)(C)CCOCCO. The van der Waals surface area contributed by atoms with Crippen molar-refractivity contribution in [2.24, 2.45) is 0 Å². The van der Waals surface area contributed by atoms with Gasteiger partial charge in [0.15, 0.2) is 6.29 Å². The molecule has 1 atom stereocenters. The number of aliphatic hydroxyl groups excluding tert-OH is 1. The van der Waals surface area contributed by atoms with Crippen LogP contribution in [0, 0.1) is 0 Å². The Kier molecular flexibility index (Phi) is 11.2. The molecular weight excluding hydrogens is 288 g/mol. The minimum atomic E-state index is -0.695. The molecule has 0 aromatic rings. The van der Waals surface area contributed by atoms with Crippen LogP contribution in [0.4, 0.5) is 0 Å². The molecule has 0 aromatic carbocycles. The molecule has 0 bridgehead atoms. The van der Waals surface area contributed by atoms with Gasteiger partial charge in [0.2, 0.25) is 0 Å². The topological polar surface area (TPSA) is 77.4 Å². The molecule has 0 spiro atoms. The summed E-state index contributed by atoms with van der Waals surface area (Å²) in [4.78, 5) is 0. The maximum absolute atomic E-state index is 9.54. The van der Waals surface area contributed by atoms with Gasteiger partial charge >= 0.3 is 0 Å². The molecule has 0 aliphatic rings. The van der Waals surface area contributed by atoms with Crippen LogP contribution in [0.5, 0.6) is 0 Å². The zero-order chi connectivity index (χ0) is 17.1. The number of ether oxygens (including phenoxy) is 4. The molecule has 134 valence electrons. The average molecular weight is 322 g/mol. The molecule has 0 rings (SSSR count). The zero-order valence-electron chi connectivity index (χ0n) is 14.8. The van der Waals surface area contributed by atoms with Crippen molar-refractivity contribution < 1.29 is 29.2 Å². The lowest BCUT2D eigenvalue weighted by molar-refractivity contribution is -0.200. The van der Waals surface area contributed by atoms with Gasteiger partial charge < -0.3 is 29.2 Å². The number of hydrogen-bond acceptors (Lipinski definition) is 6. The maximum Gasteiger partial charge on any atom is 0.155 e. The second-order valence-corrected chi connectivity index (χ2v) is 6.58. The van der Waals surface area contributed by atoms with Gasteiger partial charge in [0.25, 0.3) is 0 Å². The lowest BCUT2D eigenvalue weighted by atomic mass is 10.1. The largest absolute Gasteiger partial charge is 0.394 e. The van der Waals surface area contributed by atoms with E-state index in [-0.39, 0.29) is 18.5 Å². The molecule has 0 aliphatic heterocycles. The Morgan fingerprint density at radius 3 is 2.05 bits per heavy atom. The van der Waals surface area contributed by atoms with Crippen LogP contribution in [0.3, 0.4) is 0 Å². The summed E-state index contributed by atoms with van der Waals surface area (Å²) in [7, 11) is 0. The predicted molar refractivity (Wildman–Crippen MR) is 84.8 cm³/mol. The van der Waals surface area contributed by atoms with Crippen molar-refractivity contribution in [3.05, 3.63) is 0 Å². The molecule has 0 fully saturated rings. The Bertz CT molecular complexity index is 262. The summed E-state index contributed by atoms with van der Waals surface area (Å²) in [5, 5.41) is 18.2. The average Bonchev–Trinajstić information content (AvgIpc) is 2.37. The highest BCUT2D eigenvalue weighted by molar-refractivity contribution is 4.68. The molecule has 6 nitrogen and oxygen atoms in total. The Morgan fingerprint density at radius 2 is 1.45 bits per heavy atom. The van der Waals surface area contributed by atoms with Gasteiger partial charge in [-0.15, -0.1) is 0 Å². The fourth-order valence-electron chi connectivity index (χ4n) is 1.72. The van der Waals surface area contributed by atoms with Gasteiger partial charge in [-0.3, -0.25) is 0 Å². The normalized spacial score (nSPS) is 14.3. The van der Waals surface area contributed by atoms with Crippen molar-refractivity contribution in [1.29, 1.82) is 0 Å². The molecule has 0 aliphatic carbocycles. The minimum absolute atomic E-state index is 0.0360. The van der Waals surface area contributed by atoms with Gasteiger partial charge in [-0.1, -0.05) is 0 Å². The van der Waals surface area contributed by atoms with Crippen LogP contribution < -0.4 is 0 Å². The van der Waals surface area contributed by atoms with E-state index < -0.39 is 5.60 Å². The fraction of sp³-hybridized carbons (Fsp3) is 1.00. The summed E-state index contributed by atoms with van der Waals surface area (Å²) in [6, 6.07) is 0. The first-order valence-electron chi connectivity index (χ1n) is 7.94. The summed E-state index contributed by atoms with van der Waals surface area (Å²) in [5.74, 6) is 0. The molecule has 0 saturated carbocycles. The van der Waals surface area contributed by atoms with E-state index in [1.165, 1.54) is 0 Å². The van der Waals surface area contributed by atoms with E-state index in [9.17, 15) is 5.11 Å². The van der Waals surface area contributed by atoms with Crippen LogP contribution in [-0.2, 0) is 18.9 Å². The van der Waals surface area contributed by atoms with Crippen molar-refractivity contribution in [3.8, 4) is 0 Å². The van der Waals surface area contributed by atoms with E-state index in [0.717, 1.165) is 6.42 Å². The summed E-state index contributed by atoms with van der Waals surface area (Å²) in [6.45, 7) is 11.7. The summed E-state index contributed by atoms with van der Waals surface area (Å²) in [6.07, 6.45) is 0.994. The number of rotatable bonds is 14. The van der Waals surface area contributed by atoms with Crippen LogP contribution in [0.2, 0.25) is 0 Å². The first-order valence-corrected chi connectivity index (χ1v) is 7.94. The van der Waals surface area contributed by atoms with Crippen LogP contribution >= 0.6 is 0 Å². The van der Waals surface area contributed by atoms with E-state index in [2.05, 4.69) is 0 Å². The molecule has 0 radical (unpaired) electrons.